The number of hydrogen-bond acceptors (Lipinski definition) is 4. The Morgan fingerprint density at radius 1 is 0.750 bits per heavy atom. The third-order valence-corrected chi connectivity index (χ3v) is 3.38. The van der Waals surface area contributed by atoms with Crippen molar-refractivity contribution in [3.63, 3.8) is 0 Å². The highest BCUT2D eigenvalue weighted by atomic mass is 16.5. The first-order valence-electron chi connectivity index (χ1n) is 8.26. The van der Waals surface area contributed by atoms with Crippen molar-refractivity contribution in [1.29, 1.82) is 0 Å². The normalized spacial score (nSPS) is 12.8. The van der Waals surface area contributed by atoms with Gasteiger partial charge in [-0.1, -0.05) is 25.7 Å². The monoisotopic (exact) mass is 290 g/mol. The second-order valence-electron chi connectivity index (χ2n) is 5.19. The molecule has 0 aliphatic carbocycles. The molecule has 0 saturated carbocycles. The maximum Gasteiger partial charge on any atom is 0.0597 e. The minimum atomic E-state index is 0.183. The molecular formula is C16H34O4. The van der Waals surface area contributed by atoms with Crippen molar-refractivity contribution in [2.75, 3.05) is 33.0 Å². The molecule has 0 aliphatic heterocycles. The van der Waals surface area contributed by atoms with E-state index in [1.54, 1.807) is 0 Å². The summed E-state index contributed by atoms with van der Waals surface area (Å²) in [5.41, 5.74) is 0. The predicted molar refractivity (Wildman–Crippen MR) is 82.0 cm³/mol. The van der Waals surface area contributed by atoms with Gasteiger partial charge in [-0.25, -0.2) is 0 Å². The van der Waals surface area contributed by atoms with E-state index in [1.807, 2.05) is 6.92 Å². The van der Waals surface area contributed by atoms with E-state index in [0.717, 1.165) is 64.8 Å². The van der Waals surface area contributed by atoms with Gasteiger partial charge in [0.1, 0.15) is 0 Å². The van der Waals surface area contributed by atoms with E-state index in [-0.39, 0.29) is 19.3 Å². The molecule has 0 amide bonds. The first-order chi connectivity index (χ1) is 9.85. The average Bonchev–Trinajstić information content (AvgIpc) is 2.46. The van der Waals surface area contributed by atoms with Crippen LogP contribution in [0.4, 0.5) is 0 Å². The van der Waals surface area contributed by atoms with Crippen LogP contribution in [0.25, 0.3) is 0 Å². The molecule has 0 spiro atoms. The van der Waals surface area contributed by atoms with Crippen molar-refractivity contribution < 1.29 is 19.7 Å². The first kappa shape index (κ1) is 19.8. The van der Waals surface area contributed by atoms with E-state index in [0.29, 0.717) is 0 Å². The Kier molecular flexibility index (Phi) is 16.8. The Balaban J connectivity index is 3.40. The molecule has 0 radical (unpaired) electrons. The Hall–Kier alpha value is -0.160. The molecule has 0 aliphatic rings. The van der Waals surface area contributed by atoms with E-state index in [9.17, 15) is 0 Å². The minimum absolute atomic E-state index is 0.183. The van der Waals surface area contributed by atoms with Crippen LogP contribution in [0.2, 0.25) is 0 Å². The zero-order valence-corrected chi connectivity index (χ0v) is 13.2. The zero-order valence-electron chi connectivity index (χ0n) is 13.2. The van der Waals surface area contributed by atoms with Gasteiger partial charge < -0.3 is 19.7 Å². The van der Waals surface area contributed by atoms with Crippen molar-refractivity contribution in [3.8, 4) is 0 Å². The molecule has 122 valence electrons. The van der Waals surface area contributed by atoms with Crippen LogP contribution in [-0.4, -0.2) is 49.4 Å². The Labute approximate surface area is 124 Å². The summed E-state index contributed by atoms with van der Waals surface area (Å²) >= 11 is 0. The topological polar surface area (TPSA) is 58.9 Å². The lowest BCUT2D eigenvalue weighted by atomic mass is 10.1. The van der Waals surface area contributed by atoms with Crippen molar-refractivity contribution in [2.24, 2.45) is 0 Å². The van der Waals surface area contributed by atoms with Crippen molar-refractivity contribution in [1.82, 2.24) is 0 Å². The summed E-state index contributed by atoms with van der Waals surface area (Å²) in [6, 6.07) is 0. The maximum absolute atomic E-state index is 9.03. The van der Waals surface area contributed by atoms with Gasteiger partial charge in [-0.05, 0) is 39.0 Å². The molecule has 1 atom stereocenters. The van der Waals surface area contributed by atoms with Gasteiger partial charge in [0.15, 0.2) is 0 Å². The Bertz CT molecular complexity index is 176. The zero-order chi connectivity index (χ0) is 14.9. The van der Waals surface area contributed by atoms with Crippen LogP contribution in [0.5, 0.6) is 0 Å². The van der Waals surface area contributed by atoms with Gasteiger partial charge in [0.05, 0.1) is 6.10 Å². The van der Waals surface area contributed by atoms with Gasteiger partial charge in [0.2, 0.25) is 0 Å². The lowest BCUT2D eigenvalue weighted by molar-refractivity contribution is 0.0261. The van der Waals surface area contributed by atoms with Gasteiger partial charge >= 0.3 is 0 Å². The van der Waals surface area contributed by atoms with Crippen molar-refractivity contribution in [2.45, 2.75) is 70.8 Å². The predicted octanol–water partition coefficient (Wildman–Crippen LogP) is 2.90. The molecule has 4 heteroatoms. The molecule has 0 heterocycles. The molecule has 1 unspecified atom stereocenters. The van der Waals surface area contributed by atoms with Crippen LogP contribution in [0, 0.1) is 0 Å². The molecule has 20 heavy (non-hydrogen) atoms. The molecule has 0 fully saturated rings. The summed E-state index contributed by atoms with van der Waals surface area (Å²) in [5, 5.41) is 17.8. The smallest absolute Gasteiger partial charge is 0.0597 e. The van der Waals surface area contributed by atoms with Gasteiger partial charge in [-0.3, -0.25) is 0 Å². The number of unbranched alkanes of at least 4 members (excludes halogenated alkanes) is 5. The van der Waals surface area contributed by atoms with E-state index < -0.39 is 0 Å². The second-order valence-corrected chi connectivity index (χ2v) is 5.19. The third-order valence-electron chi connectivity index (χ3n) is 3.38. The molecule has 0 bridgehead atoms. The third kappa shape index (κ3) is 14.3. The molecule has 0 rings (SSSR count). The summed E-state index contributed by atoms with van der Waals surface area (Å²) in [5.74, 6) is 0. The van der Waals surface area contributed by atoms with E-state index in [2.05, 4.69) is 0 Å². The summed E-state index contributed by atoms with van der Waals surface area (Å²) in [4.78, 5) is 0. The van der Waals surface area contributed by atoms with Gasteiger partial charge in [0.25, 0.3) is 0 Å². The van der Waals surface area contributed by atoms with E-state index >= 15 is 0 Å². The van der Waals surface area contributed by atoms with Crippen LogP contribution in [0.15, 0.2) is 0 Å². The Morgan fingerprint density at radius 3 is 2.10 bits per heavy atom. The quantitative estimate of drug-likeness (QED) is 0.429. The number of aliphatic hydroxyl groups excluding tert-OH is 2. The largest absolute Gasteiger partial charge is 0.396 e. The molecule has 2 N–H and O–H groups in total. The Morgan fingerprint density at radius 2 is 1.45 bits per heavy atom. The fraction of sp³-hybridized carbons (Fsp3) is 1.00. The summed E-state index contributed by atoms with van der Waals surface area (Å²) < 4.78 is 11.1. The number of ether oxygens (including phenoxy) is 2. The van der Waals surface area contributed by atoms with Crippen LogP contribution < -0.4 is 0 Å². The fourth-order valence-electron chi connectivity index (χ4n) is 2.17. The van der Waals surface area contributed by atoms with Crippen LogP contribution in [-0.2, 0) is 9.47 Å². The average molecular weight is 290 g/mol. The lowest BCUT2D eigenvalue weighted by Gasteiger charge is -2.16. The number of hydrogen-bond donors (Lipinski definition) is 2. The molecule has 4 nitrogen and oxygen atoms in total. The first-order valence-corrected chi connectivity index (χ1v) is 8.26. The summed E-state index contributed by atoms with van der Waals surface area (Å²) in [6.45, 7) is 4.96. The SMILES string of the molecule is CCOCCCCCCOC(CCO)CCCCCO. The fourth-order valence-corrected chi connectivity index (χ4v) is 2.17. The van der Waals surface area contributed by atoms with Crippen LogP contribution in [0.3, 0.4) is 0 Å². The minimum Gasteiger partial charge on any atom is -0.396 e. The highest BCUT2D eigenvalue weighted by Crippen LogP contribution is 2.11. The lowest BCUT2D eigenvalue weighted by Crippen LogP contribution is -2.15. The number of aliphatic hydroxyl groups is 2. The molecule has 0 aromatic carbocycles. The van der Waals surface area contributed by atoms with Crippen molar-refractivity contribution in [3.05, 3.63) is 0 Å². The second kappa shape index (κ2) is 16.9. The van der Waals surface area contributed by atoms with Gasteiger partial charge in [-0.15, -0.1) is 0 Å². The molecular weight excluding hydrogens is 256 g/mol. The highest BCUT2D eigenvalue weighted by Gasteiger charge is 2.08. The van der Waals surface area contributed by atoms with E-state index in [4.69, 9.17) is 19.7 Å². The van der Waals surface area contributed by atoms with Crippen LogP contribution >= 0.6 is 0 Å². The standard InChI is InChI=1S/C16H34O4/c1-2-19-14-8-3-4-9-15-20-16(11-13-18)10-6-5-7-12-17/h16-18H,2-15H2,1H3. The molecule has 0 aromatic heterocycles. The van der Waals surface area contributed by atoms with Gasteiger partial charge in [0, 0.05) is 33.0 Å². The van der Waals surface area contributed by atoms with E-state index in [1.165, 1.54) is 12.8 Å². The molecule has 0 aromatic rings. The highest BCUT2D eigenvalue weighted by molar-refractivity contribution is 4.58. The maximum atomic E-state index is 9.03. The summed E-state index contributed by atoms with van der Waals surface area (Å²) in [7, 11) is 0. The van der Waals surface area contributed by atoms with Gasteiger partial charge in [-0.2, -0.15) is 0 Å². The van der Waals surface area contributed by atoms with Crippen molar-refractivity contribution >= 4 is 0 Å². The number of rotatable bonds is 16. The van der Waals surface area contributed by atoms with Crippen LogP contribution in [0.1, 0.15) is 64.7 Å². The summed E-state index contributed by atoms with van der Waals surface area (Å²) in [6.07, 6.45) is 9.48. The molecule has 0 saturated heterocycles.